The van der Waals surface area contributed by atoms with Crippen LogP contribution in [0.1, 0.15) is 19.4 Å². The number of hydrogen-bond donors (Lipinski definition) is 1. The third-order valence-electron chi connectivity index (χ3n) is 3.47. The zero-order valence-electron chi connectivity index (χ0n) is 10.4. The second kappa shape index (κ2) is 3.69. The highest BCUT2D eigenvalue weighted by molar-refractivity contribution is 5.71. The molecule has 0 saturated carbocycles. The third-order valence-corrected chi connectivity index (χ3v) is 3.47. The van der Waals surface area contributed by atoms with Crippen molar-refractivity contribution in [1.82, 2.24) is 19.1 Å². The maximum atomic E-state index is 12.0. The van der Waals surface area contributed by atoms with E-state index in [2.05, 4.69) is 29.0 Å². The molecule has 0 bridgehead atoms. The van der Waals surface area contributed by atoms with Crippen molar-refractivity contribution >= 4 is 17.1 Å². The number of fused-ring (bicyclic) bond motifs is 1. The summed E-state index contributed by atoms with van der Waals surface area (Å²) in [4.78, 5) is 20.4. The van der Waals surface area contributed by atoms with E-state index in [1.165, 1.54) is 4.57 Å². The van der Waals surface area contributed by atoms with Crippen LogP contribution in [0.2, 0.25) is 0 Å². The molecule has 0 radical (unpaired) electrons. The second-order valence-electron chi connectivity index (χ2n) is 4.82. The third kappa shape index (κ3) is 1.45. The second-order valence-corrected chi connectivity index (χ2v) is 4.82. The van der Waals surface area contributed by atoms with Crippen molar-refractivity contribution in [2.75, 3.05) is 5.73 Å². The molecule has 2 aromatic heterocycles. The van der Waals surface area contributed by atoms with E-state index in [9.17, 15) is 4.79 Å². The smallest absolute Gasteiger partial charge is 0.282 e. The van der Waals surface area contributed by atoms with E-state index in [1.54, 1.807) is 13.4 Å². The van der Waals surface area contributed by atoms with Gasteiger partial charge in [-0.25, -0.2) is 4.98 Å². The average Bonchev–Trinajstić information content (AvgIpc) is 2.92. The van der Waals surface area contributed by atoms with Crippen LogP contribution in [0, 0.1) is 5.92 Å². The van der Waals surface area contributed by atoms with E-state index in [-0.39, 0.29) is 17.5 Å². The fourth-order valence-corrected chi connectivity index (χ4v) is 2.37. The summed E-state index contributed by atoms with van der Waals surface area (Å²) in [6, 6.07) is 0.212. The Balaban J connectivity index is 2.21. The Bertz CT molecular complexity index is 696. The van der Waals surface area contributed by atoms with Crippen molar-refractivity contribution < 1.29 is 0 Å². The van der Waals surface area contributed by atoms with Crippen LogP contribution in [-0.2, 0) is 7.05 Å². The molecule has 0 fully saturated rings. The maximum Gasteiger partial charge on any atom is 0.282 e. The molecule has 2 N–H and O–H groups in total. The minimum absolute atomic E-state index is 0.203. The van der Waals surface area contributed by atoms with Gasteiger partial charge in [0.05, 0.1) is 12.4 Å². The first-order valence-corrected chi connectivity index (χ1v) is 5.95. The van der Waals surface area contributed by atoms with Crippen LogP contribution in [0.3, 0.4) is 0 Å². The van der Waals surface area contributed by atoms with Crippen molar-refractivity contribution in [2.45, 2.75) is 19.4 Å². The van der Waals surface area contributed by atoms with Crippen LogP contribution in [0.4, 0.5) is 5.95 Å². The van der Waals surface area contributed by atoms with Crippen molar-refractivity contribution in [3.05, 3.63) is 28.8 Å². The first-order valence-electron chi connectivity index (χ1n) is 5.95. The van der Waals surface area contributed by atoms with Gasteiger partial charge in [-0.05, 0) is 12.3 Å². The Morgan fingerprint density at radius 3 is 2.89 bits per heavy atom. The van der Waals surface area contributed by atoms with Gasteiger partial charge >= 0.3 is 0 Å². The SMILES string of the molecule is CC1C=CC(n2cnc3c(=O)n(C)c(N)nc32)C1. The van der Waals surface area contributed by atoms with Crippen LogP contribution < -0.4 is 11.3 Å². The number of hydrogen-bond acceptors (Lipinski definition) is 4. The van der Waals surface area contributed by atoms with Gasteiger partial charge in [0, 0.05) is 7.05 Å². The molecule has 2 atom stereocenters. The molecule has 0 saturated heterocycles. The summed E-state index contributed by atoms with van der Waals surface area (Å²) >= 11 is 0. The van der Waals surface area contributed by atoms with Crippen molar-refractivity contribution in [1.29, 1.82) is 0 Å². The van der Waals surface area contributed by atoms with Crippen molar-refractivity contribution in [2.24, 2.45) is 13.0 Å². The van der Waals surface area contributed by atoms with Gasteiger partial charge < -0.3 is 10.3 Å². The lowest BCUT2D eigenvalue weighted by atomic mass is 10.1. The van der Waals surface area contributed by atoms with E-state index in [4.69, 9.17) is 5.73 Å². The van der Waals surface area contributed by atoms with E-state index < -0.39 is 0 Å². The summed E-state index contributed by atoms with van der Waals surface area (Å²) < 4.78 is 3.24. The Kier molecular flexibility index (Phi) is 2.26. The normalized spacial score (nSPS) is 23.0. The summed E-state index contributed by atoms with van der Waals surface area (Å²) in [5, 5.41) is 0. The molecule has 2 unspecified atom stereocenters. The zero-order chi connectivity index (χ0) is 12.9. The lowest BCUT2D eigenvalue weighted by Gasteiger charge is -2.12. The molecule has 1 aliphatic rings. The van der Waals surface area contributed by atoms with Crippen LogP contribution in [0.5, 0.6) is 0 Å². The van der Waals surface area contributed by atoms with Gasteiger partial charge in [-0.3, -0.25) is 9.36 Å². The monoisotopic (exact) mass is 245 g/mol. The Morgan fingerprint density at radius 2 is 2.22 bits per heavy atom. The molecule has 6 heteroatoms. The topological polar surface area (TPSA) is 78.7 Å². The van der Waals surface area contributed by atoms with Gasteiger partial charge in [-0.2, -0.15) is 4.98 Å². The molecule has 1 aliphatic carbocycles. The van der Waals surface area contributed by atoms with Crippen LogP contribution >= 0.6 is 0 Å². The Morgan fingerprint density at radius 1 is 1.44 bits per heavy atom. The number of imidazole rings is 1. The number of aromatic nitrogens is 4. The summed E-state index contributed by atoms with van der Waals surface area (Å²) in [6.07, 6.45) is 6.97. The molecular formula is C12H15N5O. The maximum absolute atomic E-state index is 12.0. The van der Waals surface area contributed by atoms with Gasteiger partial charge in [-0.15, -0.1) is 0 Å². The van der Waals surface area contributed by atoms with Crippen molar-refractivity contribution in [3.8, 4) is 0 Å². The van der Waals surface area contributed by atoms with E-state index in [0.29, 0.717) is 17.1 Å². The number of rotatable bonds is 1. The standard InChI is InChI=1S/C12H15N5O/c1-7-3-4-8(5-7)17-6-14-9-10(17)15-12(13)16(2)11(9)18/h3-4,6-8H,5H2,1-2H3,(H2,13,15). The molecule has 94 valence electrons. The largest absolute Gasteiger partial charge is 0.369 e. The zero-order valence-corrected chi connectivity index (χ0v) is 10.4. The highest BCUT2D eigenvalue weighted by atomic mass is 16.1. The van der Waals surface area contributed by atoms with Gasteiger partial charge in [0.25, 0.3) is 5.56 Å². The molecule has 18 heavy (non-hydrogen) atoms. The van der Waals surface area contributed by atoms with E-state index in [0.717, 1.165) is 6.42 Å². The molecule has 0 amide bonds. The molecule has 6 nitrogen and oxygen atoms in total. The summed E-state index contributed by atoms with van der Waals surface area (Å²) in [6.45, 7) is 2.16. The van der Waals surface area contributed by atoms with E-state index >= 15 is 0 Å². The summed E-state index contributed by atoms with van der Waals surface area (Å²) in [5.74, 6) is 0.751. The molecule has 3 rings (SSSR count). The summed E-state index contributed by atoms with van der Waals surface area (Å²) in [5.41, 5.74) is 6.47. The molecule has 0 spiro atoms. The first-order chi connectivity index (χ1) is 8.58. The molecule has 2 heterocycles. The van der Waals surface area contributed by atoms with Gasteiger partial charge in [0.2, 0.25) is 5.95 Å². The number of allylic oxidation sites excluding steroid dienone is 2. The predicted molar refractivity (Wildman–Crippen MR) is 69.1 cm³/mol. The Hall–Kier alpha value is -2.11. The molecule has 2 aromatic rings. The van der Waals surface area contributed by atoms with E-state index in [1.807, 2.05) is 4.57 Å². The number of nitrogens with zero attached hydrogens (tertiary/aromatic N) is 4. The quantitative estimate of drug-likeness (QED) is 0.755. The van der Waals surface area contributed by atoms with Crippen LogP contribution in [0.15, 0.2) is 23.3 Å². The molecular weight excluding hydrogens is 230 g/mol. The van der Waals surface area contributed by atoms with Crippen LogP contribution in [-0.4, -0.2) is 19.1 Å². The minimum Gasteiger partial charge on any atom is -0.369 e. The first kappa shape index (κ1) is 11.0. The van der Waals surface area contributed by atoms with Gasteiger partial charge in [0.1, 0.15) is 0 Å². The lowest BCUT2D eigenvalue weighted by molar-refractivity contribution is 0.536. The van der Waals surface area contributed by atoms with Gasteiger partial charge in [-0.1, -0.05) is 19.1 Å². The molecule has 0 aromatic carbocycles. The average molecular weight is 245 g/mol. The number of nitrogens with two attached hydrogens (primary N) is 1. The number of nitrogen functional groups attached to an aromatic ring is 1. The fraction of sp³-hybridized carbons (Fsp3) is 0.417. The highest BCUT2D eigenvalue weighted by Crippen LogP contribution is 2.29. The predicted octanol–water partition coefficient (Wildman–Crippen LogP) is 0.849. The highest BCUT2D eigenvalue weighted by Gasteiger charge is 2.21. The lowest BCUT2D eigenvalue weighted by Crippen LogP contribution is -2.22. The fourth-order valence-electron chi connectivity index (χ4n) is 2.37. The summed E-state index contributed by atoms with van der Waals surface area (Å²) in [7, 11) is 1.60. The number of anilines is 1. The molecule has 0 aliphatic heterocycles. The minimum atomic E-state index is -0.203. The van der Waals surface area contributed by atoms with Gasteiger partial charge in [0.15, 0.2) is 11.2 Å². The van der Waals surface area contributed by atoms with Crippen molar-refractivity contribution in [3.63, 3.8) is 0 Å². The van der Waals surface area contributed by atoms with Crippen LogP contribution in [0.25, 0.3) is 11.2 Å². The Labute approximate surface area is 104 Å².